The first-order valence-electron chi connectivity index (χ1n) is 6.22. The number of hydrogen-bond acceptors (Lipinski definition) is 5. The fraction of sp³-hybridized carbons (Fsp3) is 0.385. The van der Waals surface area contributed by atoms with E-state index in [4.69, 9.17) is 5.84 Å². The van der Waals surface area contributed by atoms with E-state index in [-0.39, 0.29) is 17.6 Å². The summed E-state index contributed by atoms with van der Waals surface area (Å²) < 4.78 is 36.3. The van der Waals surface area contributed by atoms with Gasteiger partial charge in [0.25, 0.3) is 0 Å². The Morgan fingerprint density at radius 2 is 2.15 bits per heavy atom. The van der Waals surface area contributed by atoms with Crippen LogP contribution in [0.2, 0.25) is 0 Å². The zero-order valence-corrected chi connectivity index (χ0v) is 12.7. The Balaban J connectivity index is 2.13. The molecule has 2 aromatic rings. The van der Waals surface area contributed by atoms with Gasteiger partial charge in [0.2, 0.25) is 0 Å². The number of rotatable bonds is 6. The van der Waals surface area contributed by atoms with Crippen molar-refractivity contribution in [2.75, 3.05) is 12.0 Å². The lowest BCUT2D eigenvalue weighted by Crippen LogP contribution is -2.27. The number of thiophene rings is 1. The van der Waals surface area contributed by atoms with Crippen molar-refractivity contribution < 1.29 is 12.8 Å². The molecule has 4 nitrogen and oxygen atoms in total. The average Bonchev–Trinajstić information content (AvgIpc) is 2.75. The molecule has 1 aromatic carbocycles. The van der Waals surface area contributed by atoms with Crippen molar-refractivity contribution in [3.8, 4) is 0 Å². The molecular weight excluding hydrogens is 299 g/mol. The second-order valence-corrected chi connectivity index (χ2v) is 8.20. The van der Waals surface area contributed by atoms with E-state index in [1.54, 1.807) is 6.07 Å². The highest BCUT2D eigenvalue weighted by Gasteiger charge is 2.14. The molecule has 110 valence electrons. The highest BCUT2D eigenvalue weighted by Crippen LogP contribution is 2.32. The summed E-state index contributed by atoms with van der Waals surface area (Å²) in [6, 6.07) is 6.50. The number of fused-ring (bicyclic) bond motifs is 1. The maximum Gasteiger partial charge on any atom is 0.147 e. The van der Waals surface area contributed by atoms with Gasteiger partial charge in [-0.2, -0.15) is 0 Å². The molecule has 0 bridgehead atoms. The molecule has 1 heterocycles. The molecule has 1 aromatic heterocycles. The van der Waals surface area contributed by atoms with Crippen molar-refractivity contribution in [1.29, 1.82) is 0 Å². The molecule has 0 radical (unpaired) electrons. The number of hydrazine groups is 1. The van der Waals surface area contributed by atoms with Gasteiger partial charge >= 0.3 is 0 Å². The molecular formula is C13H17FN2O2S2. The third-order valence-corrected chi connectivity index (χ3v) is 5.30. The minimum absolute atomic E-state index is 0.114. The van der Waals surface area contributed by atoms with Crippen molar-refractivity contribution in [2.24, 2.45) is 5.84 Å². The second kappa shape index (κ2) is 6.17. The van der Waals surface area contributed by atoms with Gasteiger partial charge in [-0.25, -0.2) is 12.8 Å². The fourth-order valence-corrected chi connectivity index (χ4v) is 3.93. The molecule has 20 heavy (non-hydrogen) atoms. The van der Waals surface area contributed by atoms with E-state index in [1.807, 2.05) is 6.07 Å². The van der Waals surface area contributed by atoms with E-state index in [9.17, 15) is 12.8 Å². The summed E-state index contributed by atoms with van der Waals surface area (Å²) in [6.07, 6.45) is 2.38. The predicted octanol–water partition coefficient (Wildman–Crippen LogP) is 2.37. The monoisotopic (exact) mass is 316 g/mol. The molecule has 0 saturated heterocycles. The molecule has 1 atom stereocenters. The molecule has 0 aliphatic heterocycles. The molecule has 7 heteroatoms. The minimum atomic E-state index is -2.96. The second-order valence-electron chi connectivity index (χ2n) is 4.82. The molecule has 2 rings (SSSR count). The van der Waals surface area contributed by atoms with E-state index in [1.165, 1.54) is 29.7 Å². The third kappa shape index (κ3) is 3.99. The molecule has 0 saturated carbocycles. The highest BCUT2D eigenvalue weighted by atomic mass is 32.2. The predicted molar refractivity (Wildman–Crippen MR) is 80.8 cm³/mol. The smallest absolute Gasteiger partial charge is 0.147 e. The number of hydrogen-bond donors (Lipinski definition) is 2. The lowest BCUT2D eigenvalue weighted by molar-refractivity contribution is 0.515. The van der Waals surface area contributed by atoms with Gasteiger partial charge in [0.05, 0.1) is 6.04 Å². The third-order valence-electron chi connectivity index (χ3n) is 3.05. The summed E-state index contributed by atoms with van der Waals surface area (Å²) >= 11 is 1.47. The molecule has 0 amide bonds. The standard InChI is InChI=1S/C13H17FN2O2S2/c1-20(17,18)6-2-3-11(16-15)13-7-9-4-5-10(14)8-12(9)19-13/h4-5,7-8,11,16H,2-3,6,15H2,1H3. The zero-order chi connectivity index (χ0) is 14.8. The van der Waals surface area contributed by atoms with Gasteiger partial charge in [0.15, 0.2) is 0 Å². The maximum atomic E-state index is 13.2. The number of sulfone groups is 1. The molecule has 0 aliphatic rings. The van der Waals surface area contributed by atoms with Gasteiger partial charge in [0.1, 0.15) is 15.7 Å². The van der Waals surface area contributed by atoms with Gasteiger partial charge in [-0.05, 0) is 36.4 Å². The number of benzene rings is 1. The van der Waals surface area contributed by atoms with Gasteiger partial charge in [-0.3, -0.25) is 11.3 Å². The SMILES string of the molecule is CS(=O)(=O)CCCC(NN)c1cc2ccc(F)cc2s1. The van der Waals surface area contributed by atoms with Crippen LogP contribution < -0.4 is 11.3 Å². The summed E-state index contributed by atoms with van der Waals surface area (Å²) in [5.41, 5.74) is 2.70. The summed E-state index contributed by atoms with van der Waals surface area (Å²) in [5, 5.41) is 0.967. The van der Waals surface area contributed by atoms with Gasteiger partial charge < -0.3 is 0 Å². The van der Waals surface area contributed by atoms with Crippen molar-refractivity contribution in [1.82, 2.24) is 5.43 Å². The Morgan fingerprint density at radius 3 is 2.80 bits per heavy atom. The maximum absolute atomic E-state index is 13.2. The first-order valence-corrected chi connectivity index (χ1v) is 9.09. The average molecular weight is 316 g/mol. The van der Waals surface area contributed by atoms with Crippen LogP contribution in [0.1, 0.15) is 23.8 Å². The van der Waals surface area contributed by atoms with Crippen LogP contribution in [0.3, 0.4) is 0 Å². The van der Waals surface area contributed by atoms with Gasteiger partial charge in [-0.1, -0.05) is 6.07 Å². The van der Waals surface area contributed by atoms with Crippen LogP contribution in [0, 0.1) is 5.82 Å². The Morgan fingerprint density at radius 1 is 1.40 bits per heavy atom. The zero-order valence-electron chi connectivity index (χ0n) is 11.1. The normalized spacial score (nSPS) is 13.8. The van der Waals surface area contributed by atoms with Crippen LogP contribution in [0.25, 0.3) is 10.1 Å². The largest absolute Gasteiger partial charge is 0.271 e. The number of nitrogens with two attached hydrogens (primary N) is 1. The molecule has 0 spiro atoms. The van der Waals surface area contributed by atoms with Gasteiger partial charge in [-0.15, -0.1) is 11.3 Å². The van der Waals surface area contributed by atoms with Crippen LogP contribution in [0.5, 0.6) is 0 Å². The Hall–Kier alpha value is -1.02. The molecule has 1 unspecified atom stereocenters. The first-order chi connectivity index (χ1) is 9.39. The van der Waals surface area contributed by atoms with Crippen LogP contribution in [-0.4, -0.2) is 20.4 Å². The summed E-state index contributed by atoms with van der Waals surface area (Å²) in [4.78, 5) is 0.988. The molecule has 3 N–H and O–H groups in total. The summed E-state index contributed by atoms with van der Waals surface area (Å²) in [5.74, 6) is 5.42. The number of nitrogens with one attached hydrogen (secondary N) is 1. The van der Waals surface area contributed by atoms with Crippen molar-refractivity contribution in [3.63, 3.8) is 0 Å². The lowest BCUT2D eigenvalue weighted by atomic mass is 10.1. The molecule has 0 fully saturated rings. The number of halogens is 1. The van der Waals surface area contributed by atoms with E-state index < -0.39 is 9.84 Å². The van der Waals surface area contributed by atoms with Crippen molar-refractivity contribution in [2.45, 2.75) is 18.9 Å². The lowest BCUT2D eigenvalue weighted by Gasteiger charge is -2.13. The minimum Gasteiger partial charge on any atom is -0.271 e. The van der Waals surface area contributed by atoms with Gasteiger partial charge in [0, 0.05) is 21.6 Å². The summed E-state index contributed by atoms with van der Waals surface area (Å²) in [6.45, 7) is 0. The quantitative estimate of drug-likeness (QED) is 0.634. The van der Waals surface area contributed by atoms with Crippen molar-refractivity contribution >= 4 is 31.3 Å². The first kappa shape index (κ1) is 15.4. The Labute approximate surface area is 121 Å². The van der Waals surface area contributed by atoms with Crippen LogP contribution in [0.15, 0.2) is 24.3 Å². The molecule has 0 aliphatic carbocycles. The summed E-state index contributed by atoms with van der Waals surface area (Å²) in [7, 11) is -2.96. The van der Waals surface area contributed by atoms with Crippen LogP contribution >= 0.6 is 11.3 Å². The van der Waals surface area contributed by atoms with Crippen molar-refractivity contribution in [3.05, 3.63) is 35.0 Å². The van der Waals surface area contributed by atoms with Crippen LogP contribution in [0.4, 0.5) is 4.39 Å². The topological polar surface area (TPSA) is 72.2 Å². The fourth-order valence-electron chi connectivity index (χ4n) is 2.05. The highest BCUT2D eigenvalue weighted by molar-refractivity contribution is 7.90. The Kier molecular flexibility index (Phi) is 4.74. The Bertz CT molecular complexity index is 697. The van der Waals surface area contributed by atoms with E-state index >= 15 is 0 Å². The van der Waals surface area contributed by atoms with E-state index in [2.05, 4.69) is 5.43 Å². The van der Waals surface area contributed by atoms with Crippen LogP contribution in [-0.2, 0) is 9.84 Å². The van der Waals surface area contributed by atoms with E-state index in [0.717, 1.165) is 15.0 Å². The van der Waals surface area contributed by atoms with E-state index in [0.29, 0.717) is 12.8 Å².